The van der Waals surface area contributed by atoms with Crippen molar-refractivity contribution in [2.75, 3.05) is 5.32 Å². The Morgan fingerprint density at radius 3 is 2.85 bits per heavy atom. The van der Waals surface area contributed by atoms with Gasteiger partial charge in [0, 0.05) is 29.8 Å². The van der Waals surface area contributed by atoms with Gasteiger partial charge in [-0.25, -0.2) is 14.4 Å². The normalized spacial score (nSPS) is 10.8. The first-order chi connectivity index (χ1) is 12.6. The number of aromatic nitrogens is 4. The van der Waals surface area contributed by atoms with E-state index in [1.54, 1.807) is 24.5 Å². The molecule has 0 atom stereocenters. The highest BCUT2D eigenvalue weighted by molar-refractivity contribution is 6.31. The van der Waals surface area contributed by atoms with Crippen LogP contribution < -0.4 is 5.32 Å². The molecule has 26 heavy (non-hydrogen) atoms. The molecule has 0 radical (unpaired) electrons. The quantitative estimate of drug-likeness (QED) is 0.572. The van der Waals surface area contributed by atoms with Gasteiger partial charge in [-0.1, -0.05) is 11.6 Å². The highest BCUT2D eigenvalue weighted by Crippen LogP contribution is 2.23. The summed E-state index contributed by atoms with van der Waals surface area (Å²) < 4.78 is 13.3. The summed E-state index contributed by atoms with van der Waals surface area (Å²) in [5.41, 5.74) is 2.43. The summed E-state index contributed by atoms with van der Waals surface area (Å²) in [6.07, 6.45) is 4.83. The van der Waals surface area contributed by atoms with Crippen molar-refractivity contribution in [1.29, 1.82) is 0 Å². The van der Waals surface area contributed by atoms with Gasteiger partial charge in [-0.2, -0.15) is 0 Å². The summed E-state index contributed by atoms with van der Waals surface area (Å²) in [5.74, 6) is -0.377. The van der Waals surface area contributed by atoms with Gasteiger partial charge in [-0.15, -0.1) is 0 Å². The van der Waals surface area contributed by atoms with Crippen molar-refractivity contribution in [3.63, 3.8) is 0 Å². The number of H-pyrrole nitrogens is 1. The van der Waals surface area contributed by atoms with Gasteiger partial charge in [-0.05, 0) is 36.4 Å². The first kappa shape index (κ1) is 16.2. The van der Waals surface area contributed by atoms with Crippen molar-refractivity contribution >= 4 is 34.4 Å². The third-order valence-corrected chi connectivity index (χ3v) is 4.04. The van der Waals surface area contributed by atoms with Crippen molar-refractivity contribution < 1.29 is 9.18 Å². The molecule has 0 aliphatic carbocycles. The summed E-state index contributed by atoms with van der Waals surface area (Å²) in [4.78, 5) is 28.4. The molecule has 1 amide bonds. The number of carbonyl (C=O) groups excluding carboxylic acids is 1. The van der Waals surface area contributed by atoms with Crippen LogP contribution in [0.1, 0.15) is 10.4 Å². The van der Waals surface area contributed by atoms with Gasteiger partial charge >= 0.3 is 0 Å². The highest BCUT2D eigenvalue weighted by Gasteiger charge is 2.16. The van der Waals surface area contributed by atoms with Gasteiger partial charge < -0.3 is 10.3 Å². The SMILES string of the molecule is O=C(Nc1ccc(F)c(Cl)c1)c1ccnc2nc(-c3cccnc3)[nH]c12. The van der Waals surface area contributed by atoms with E-state index in [-0.39, 0.29) is 10.9 Å². The Bertz CT molecular complexity index is 1110. The number of aromatic amines is 1. The summed E-state index contributed by atoms with van der Waals surface area (Å²) in [5, 5.41) is 2.62. The maximum Gasteiger partial charge on any atom is 0.257 e. The van der Waals surface area contributed by atoms with E-state index in [1.807, 2.05) is 6.07 Å². The fraction of sp³-hybridized carbons (Fsp3) is 0. The second-order valence-electron chi connectivity index (χ2n) is 5.47. The number of anilines is 1. The Morgan fingerprint density at radius 1 is 1.19 bits per heavy atom. The number of nitrogens with zero attached hydrogens (tertiary/aromatic N) is 3. The number of hydrogen-bond donors (Lipinski definition) is 2. The molecule has 6 nitrogen and oxygen atoms in total. The monoisotopic (exact) mass is 367 g/mol. The molecular weight excluding hydrogens is 357 g/mol. The zero-order valence-electron chi connectivity index (χ0n) is 13.2. The van der Waals surface area contributed by atoms with Crippen LogP contribution in [0.25, 0.3) is 22.6 Å². The summed E-state index contributed by atoms with van der Waals surface area (Å²) >= 11 is 5.75. The van der Waals surface area contributed by atoms with Crippen molar-refractivity contribution in [2.24, 2.45) is 0 Å². The predicted octanol–water partition coefficient (Wildman–Crippen LogP) is 4.06. The van der Waals surface area contributed by atoms with E-state index in [4.69, 9.17) is 11.6 Å². The fourth-order valence-electron chi connectivity index (χ4n) is 2.51. The first-order valence-electron chi connectivity index (χ1n) is 7.63. The number of fused-ring (bicyclic) bond motifs is 1. The average Bonchev–Trinajstić information content (AvgIpc) is 3.09. The summed E-state index contributed by atoms with van der Waals surface area (Å²) in [6, 6.07) is 9.20. The van der Waals surface area contributed by atoms with Gasteiger partial charge in [0.2, 0.25) is 0 Å². The van der Waals surface area contributed by atoms with Gasteiger partial charge in [0.15, 0.2) is 5.65 Å². The maximum absolute atomic E-state index is 13.3. The minimum Gasteiger partial charge on any atom is -0.336 e. The predicted molar refractivity (Wildman–Crippen MR) is 96.5 cm³/mol. The Balaban J connectivity index is 1.70. The molecular formula is C18H11ClFN5O. The largest absolute Gasteiger partial charge is 0.336 e. The van der Waals surface area contributed by atoms with Gasteiger partial charge in [0.05, 0.1) is 16.1 Å². The molecule has 0 saturated carbocycles. The van der Waals surface area contributed by atoms with E-state index in [2.05, 4.69) is 25.3 Å². The molecule has 0 fully saturated rings. The maximum atomic E-state index is 13.3. The summed E-state index contributed by atoms with van der Waals surface area (Å²) in [7, 11) is 0. The molecule has 2 N–H and O–H groups in total. The molecule has 0 saturated heterocycles. The topological polar surface area (TPSA) is 83.6 Å². The molecule has 0 spiro atoms. The Kier molecular flexibility index (Phi) is 4.06. The third kappa shape index (κ3) is 3.00. The van der Waals surface area contributed by atoms with Crippen LogP contribution in [0.3, 0.4) is 0 Å². The number of carbonyl (C=O) groups is 1. The molecule has 8 heteroatoms. The molecule has 1 aromatic carbocycles. The number of benzene rings is 1. The molecule has 0 unspecified atom stereocenters. The van der Waals surface area contributed by atoms with E-state index < -0.39 is 5.82 Å². The zero-order valence-corrected chi connectivity index (χ0v) is 14.0. The molecule has 0 bridgehead atoms. The Morgan fingerprint density at radius 2 is 2.08 bits per heavy atom. The second-order valence-corrected chi connectivity index (χ2v) is 5.87. The van der Waals surface area contributed by atoms with Crippen molar-refractivity contribution in [3.05, 3.63) is 71.4 Å². The van der Waals surface area contributed by atoms with Gasteiger partial charge in [0.25, 0.3) is 5.91 Å². The summed E-state index contributed by atoms with van der Waals surface area (Å²) in [6.45, 7) is 0. The lowest BCUT2D eigenvalue weighted by atomic mass is 10.2. The zero-order chi connectivity index (χ0) is 18.1. The van der Waals surface area contributed by atoms with E-state index in [0.29, 0.717) is 28.2 Å². The van der Waals surface area contributed by atoms with Crippen LogP contribution in [-0.4, -0.2) is 25.8 Å². The van der Waals surface area contributed by atoms with E-state index in [1.165, 1.54) is 24.4 Å². The number of imidazole rings is 1. The number of hydrogen-bond acceptors (Lipinski definition) is 4. The van der Waals surface area contributed by atoms with E-state index in [0.717, 1.165) is 5.56 Å². The van der Waals surface area contributed by atoms with Crippen LogP contribution in [0.2, 0.25) is 5.02 Å². The highest BCUT2D eigenvalue weighted by atomic mass is 35.5. The van der Waals surface area contributed by atoms with Gasteiger partial charge in [-0.3, -0.25) is 9.78 Å². The molecule has 128 valence electrons. The van der Waals surface area contributed by atoms with Crippen LogP contribution in [0.4, 0.5) is 10.1 Å². The second kappa shape index (κ2) is 6.53. The molecule has 0 aliphatic rings. The minimum absolute atomic E-state index is 0.0666. The molecule has 0 aliphatic heterocycles. The average molecular weight is 368 g/mol. The molecule has 3 aromatic heterocycles. The Labute approximate surface area is 152 Å². The third-order valence-electron chi connectivity index (χ3n) is 3.75. The van der Waals surface area contributed by atoms with E-state index in [9.17, 15) is 9.18 Å². The van der Waals surface area contributed by atoms with Crippen LogP contribution in [0, 0.1) is 5.82 Å². The minimum atomic E-state index is -0.550. The fourth-order valence-corrected chi connectivity index (χ4v) is 2.69. The molecule has 3 heterocycles. The van der Waals surface area contributed by atoms with E-state index >= 15 is 0 Å². The number of amides is 1. The van der Waals surface area contributed by atoms with Crippen LogP contribution in [-0.2, 0) is 0 Å². The lowest BCUT2D eigenvalue weighted by Crippen LogP contribution is -2.12. The van der Waals surface area contributed by atoms with Crippen LogP contribution in [0.5, 0.6) is 0 Å². The van der Waals surface area contributed by atoms with Crippen molar-refractivity contribution in [1.82, 2.24) is 19.9 Å². The molecule has 4 rings (SSSR count). The number of pyridine rings is 2. The number of rotatable bonds is 3. The smallest absolute Gasteiger partial charge is 0.257 e. The number of halogens is 2. The first-order valence-corrected chi connectivity index (χ1v) is 8.01. The van der Waals surface area contributed by atoms with Crippen molar-refractivity contribution in [3.8, 4) is 11.4 Å². The lowest BCUT2D eigenvalue weighted by Gasteiger charge is -2.06. The molecule has 4 aromatic rings. The lowest BCUT2D eigenvalue weighted by molar-refractivity contribution is 0.102. The number of nitrogens with one attached hydrogen (secondary N) is 2. The van der Waals surface area contributed by atoms with Gasteiger partial charge in [0.1, 0.15) is 11.6 Å². The van der Waals surface area contributed by atoms with Crippen LogP contribution in [0.15, 0.2) is 55.0 Å². The van der Waals surface area contributed by atoms with Crippen molar-refractivity contribution in [2.45, 2.75) is 0 Å². The Hall–Kier alpha value is -3.32. The van der Waals surface area contributed by atoms with Crippen LogP contribution >= 0.6 is 11.6 Å². The standard InChI is InChI=1S/C18H11ClFN5O/c19-13-8-11(3-4-14(13)20)23-18(26)12-5-7-22-17-15(12)24-16(25-17)10-2-1-6-21-9-10/h1-9H,(H,23,26)(H,22,24,25).